The van der Waals surface area contributed by atoms with Crippen LogP contribution in [0.25, 0.3) is 11.3 Å². The second-order valence-electron chi connectivity index (χ2n) is 4.59. The van der Waals surface area contributed by atoms with Gasteiger partial charge in [0.05, 0.1) is 11.7 Å². The van der Waals surface area contributed by atoms with Crippen LogP contribution in [0.4, 0.5) is 5.69 Å². The van der Waals surface area contributed by atoms with E-state index in [-0.39, 0.29) is 0 Å². The first-order valence-electron chi connectivity index (χ1n) is 6.09. The molecular weight excluding hydrogens is 212 g/mol. The van der Waals surface area contributed by atoms with Gasteiger partial charge >= 0.3 is 0 Å². The van der Waals surface area contributed by atoms with Crippen LogP contribution in [0.15, 0.2) is 30.7 Å². The summed E-state index contributed by atoms with van der Waals surface area (Å²) in [6.07, 6.45) is 10.5. The molecule has 88 valence electrons. The average molecular weight is 228 g/mol. The molecule has 0 bridgehead atoms. The quantitative estimate of drug-likeness (QED) is 0.859. The molecule has 1 aliphatic rings. The average Bonchev–Trinajstić information content (AvgIpc) is 2.99. The van der Waals surface area contributed by atoms with Gasteiger partial charge in [0.15, 0.2) is 0 Å². The Kier molecular flexibility index (Phi) is 2.55. The minimum Gasteiger partial charge on any atom is -0.396 e. The van der Waals surface area contributed by atoms with Crippen LogP contribution in [-0.4, -0.2) is 14.8 Å². The van der Waals surface area contributed by atoms with Crippen molar-refractivity contribution in [2.75, 3.05) is 5.73 Å². The number of nitrogens with two attached hydrogens (primary N) is 1. The van der Waals surface area contributed by atoms with Crippen LogP contribution in [0, 0.1) is 0 Å². The molecule has 2 N–H and O–H groups in total. The smallest absolute Gasteiger partial charge is 0.117 e. The summed E-state index contributed by atoms with van der Waals surface area (Å²) < 4.78 is 2.03. The maximum Gasteiger partial charge on any atom is 0.117 e. The molecule has 1 fully saturated rings. The van der Waals surface area contributed by atoms with Crippen molar-refractivity contribution >= 4 is 5.69 Å². The fourth-order valence-electron chi connectivity index (χ4n) is 2.49. The normalized spacial score (nSPS) is 16.5. The maximum atomic E-state index is 6.03. The summed E-state index contributed by atoms with van der Waals surface area (Å²) in [4.78, 5) is 4.10. The molecular formula is C13H16N4. The van der Waals surface area contributed by atoms with Crippen LogP contribution >= 0.6 is 0 Å². The minimum absolute atomic E-state index is 0.530. The van der Waals surface area contributed by atoms with E-state index in [0.29, 0.717) is 6.04 Å². The summed E-state index contributed by atoms with van der Waals surface area (Å²) in [7, 11) is 0. The van der Waals surface area contributed by atoms with Crippen molar-refractivity contribution in [3.05, 3.63) is 30.7 Å². The fraction of sp³-hybridized carbons (Fsp3) is 0.385. The lowest BCUT2D eigenvalue weighted by molar-refractivity contribution is 0.468. The summed E-state index contributed by atoms with van der Waals surface area (Å²) in [6, 6.07) is 4.43. The van der Waals surface area contributed by atoms with E-state index in [1.54, 1.807) is 12.4 Å². The number of rotatable bonds is 2. The van der Waals surface area contributed by atoms with Crippen LogP contribution in [0.3, 0.4) is 0 Å². The highest BCUT2D eigenvalue weighted by Crippen LogP contribution is 2.32. The lowest BCUT2D eigenvalue weighted by Crippen LogP contribution is -2.04. The number of aromatic nitrogens is 3. The van der Waals surface area contributed by atoms with Crippen molar-refractivity contribution in [1.29, 1.82) is 0 Å². The van der Waals surface area contributed by atoms with Crippen molar-refractivity contribution in [1.82, 2.24) is 14.8 Å². The molecule has 0 amide bonds. The molecule has 0 aromatic carbocycles. The Morgan fingerprint density at radius 2 is 2.12 bits per heavy atom. The van der Waals surface area contributed by atoms with E-state index in [4.69, 9.17) is 5.73 Å². The van der Waals surface area contributed by atoms with E-state index < -0.39 is 0 Å². The molecule has 0 radical (unpaired) electrons. The van der Waals surface area contributed by atoms with Crippen molar-refractivity contribution < 1.29 is 0 Å². The molecule has 2 aromatic rings. The van der Waals surface area contributed by atoms with E-state index in [1.807, 2.05) is 23.0 Å². The highest BCUT2D eigenvalue weighted by molar-refractivity contribution is 5.71. The van der Waals surface area contributed by atoms with Crippen LogP contribution in [0.1, 0.15) is 31.7 Å². The van der Waals surface area contributed by atoms with E-state index in [0.717, 1.165) is 16.9 Å². The molecule has 4 nitrogen and oxygen atoms in total. The predicted molar refractivity (Wildman–Crippen MR) is 67.4 cm³/mol. The monoisotopic (exact) mass is 228 g/mol. The van der Waals surface area contributed by atoms with Crippen LogP contribution < -0.4 is 5.73 Å². The van der Waals surface area contributed by atoms with Gasteiger partial charge in [-0.1, -0.05) is 12.8 Å². The first-order chi connectivity index (χ1) is 8.34. The lowest BCUT2D eigenvalue weighted by Gasteiger charge is -2.08. The number of anilines is 1. The van der Waals surface area contributed by atoms with E-state index in [1.165, 1.54) is 25.7 Å². The molecule has 2 aromatic heterocycles. The molecule has 0 saturated heterocycles. The fourth-order valence-corrected chi connectivity index (χ4v) is 2.49. The Morgan fingerprint density at radius 3 is 2.82 bits per heavy atom. The second-order valence-corrected chi connectivity index (χ2v) is 4.59. The molecule has 0 aliphatic heterocycles. The van der Waals surface area contributed by atoms with Crippen molar-refractivity contribution in [3.63, 3.8) is 0 Å². The van der Waals surface area contributed by atoms with Gasteiger partial charge in [0.1, 0.15) is 5.69 Å². The number of pyridine rings is 1. The second kappa shape index (κ2) is 4.20. The third kappa shape index (κ3) is 1.90. The van der Waals surface area contributed by atoms with Gasteiger partial charge in [-0.05, 0) is 25.0 Å². The van der Waals surface area contributed by atoms with Gasteiger partial charge in [0, 0.05) is 24.2 Å². The zero-order valence-electron chi connectivity index (χ0n) is 9.71. The predicted octanol–water partition coefficient (Wildman–Crippen LogP) is 2.64. The van der Waals surface area contributed by atoms with Crippen molar-refractivity contribution in [2.45, 2.75) is 31.7 Å². The maximum absolute atomic E-state index is 6.03. The molecule has 0 spiro atoms. The third-order valence-electron chi connectivity index (χ3n) is 3.39. The molecule has 0 atom stereocenters. The van der Waals surface area contributed by atoms with Gasteiger partial charge in [-0.3, -0.25) is 9.67 Å². The number of hydrogen-bond acceptors (Lipinski definition) is 3. The zero-order valence-corrected chi connectivity index (χ0v) is 9.71. The summed E-state index contributed by atoms with van der Waals surface area (Å²) in [5.74, 6) is 0. The summed E-state index contributed by atoms with van der Waals surface area (Å²) in [6.45, 7) is 0. The van der Waals surface area contributed by atoms with Crippen molar-refractivity contribution in [2.24, 2.45) is 0 Å². The number of nitrogens with zero attached hydrogens (tertiary/aromatic N) is 3. The van der Waals surface area contributed by atoms with E-state index >= 15 is 0 Å². The Bertz CT molecular complexity index is 497. The minimum atomic E-state index is 0.530. The van der Waals surface area contributed by atoms with Gasteiger partial charge in [-0.2, -0.15) is 5.10 Å². The van der Waals surface area contributed by atoms with E-state index in [2.05, 4.69) is 10.1 Å². The highest BCUT2D eigenvalue weighted by Gasteiger charge is 2.19. The molecule has 1 aliphatic carbocycles. The van der Waals surface area contributed by atoms with Gasteiger partial charge in [-0.15, -0.1) is 0 Å². The van der Waals surface area contributed by atoms with Gasteiger partial charge in [-0.25, -0.2) is 0 Å². The molecule has 0 unspecified atom stereocenters. The SMILES string of the molecule is Nc1cn(C2CCCC2)nc1-c1cccnc1. The van der Waals surface area contributed by atoms with Crippen LogP contribution in [0.5, 0.6) is 0 Å². The first kappa shape index (κ1) is 10.3. The Morgan fingerprint density at radius 1 is 1.29 bits per heavy atom. The standard InChI is InChI=1S/C13H16N4/c14-12-9-17(11-5-1-2-6-11)16-13(12)10-4-3-7-15-8-10/h3-4,7-9,11H,1-2,5-6,14H2. The number of hydrogen-bond donors (Lipinski definition) is 1. The highest BCUT2D eigenvalue weighted by atomic mass is 15.3. The zero-order chi connectivity index (χ0) is 11.7. The van der Waals surface area contributed by atoms with Crippen LogP contribution in [-0.2, 0) is 0 Å². The van der Waals surface area contributed by atoms with Gasteiger partial charge in [0.25, 0.3) is 0 Å². The third-order valence-corrected chi connectivity index (χ3v) is 3.39. The topological polar surface area (TPSA) is 56.7 Å². The Hall–Kier alpha value is -1.84. The Balaban J connectivity index is 1.96. The lowest BCUT2D eigenvalue weighted by atomic mass is 10.2. The van der Waals surface area contributed by atoms with Gasteiger partial charge < -0.3 is 5.73 Å². The largest absolute Gasteiger partial charge is 0.396 e. The molecule has 3 rings (SSSR count). The first-order valence-corrected chi connectivity index (χ1v) is 6.09. The molecule has 1 saturated carbocycles. The Labute approximate surface area is 100 Å². The molecule has 2 heterocycles. The van der Waals surface area contributed by atoms with E-state index in [9.17, 15) is 0 Å². The van der Waals surface area contributed by atoms with Gasteiger partial charge in [0.2, 0.25) is 0 Å². The molecule has 4 heteroatoms. The summed E-state index contributed by atoms with van der Waals surface area (Å²) in [5.41, 5.74) is 8.61. The van der Waals surface area contributed by atoms with Crippen molar-refractivity contribution in [3.8, 4) is 11.3 Å². The summed E-state index contributed by atoms with van der Waals surface area (Å²) >= 11 is 0. The molecule has 17 heavy (non-hydrogen) atoms. The number of nitrogen functional groups attached to an aromatic ring is 1. The summed E-state index contributed by atoms with van der Waals surface area (Å²) in [5, 5.41) is 4.61. The van der Waals surface area contributed by atoms with Crippen LogP contribution in [0.2, 0.25) is 0 Å².